The number of hydrogen-bond acceptors (Lipinski definition) is 3. The number of nitrogens with zero attached hydrogens (tertiary/aromatic N) is 1. The van der Waals surface area contributed by atoms with E-state index in [-0.39, 0.29) is 0 Å². The van der Waals surface area contributed by atoms with Crippen LogP contribution in [0.25, 0.3) is 0 Å². The van der Waals surface area contributed by atoms with E-state index in [4.69, 9.17) is 0 Å². The molecule has 3 unspecified atom stereocenters. The molecule has 114 valence electrons. The number of rotatable bonds is 5. The number of nitrogens with one attached hydrogen (secondary N) is 1. The summed E-state index contributed by atoms with van der Waals surface area (Å²) in [5.74, 6) is 1.47. The first kappa shape index (κ1) is 16.0. The second-order valence-electron chi connectivity index (χ2n) is 6.72. The number of aryl methyl sites for hydroxylation is 1. The molecule has 1 aromatic heterocycles. The molecule has 2 nitrogen and oxygen atoms in total. The van der Waals surface area contributed by atoms with Gasteiger partial charge < -0.3 is 5.32 Å². The first-order valence-electron chi connectivity index (χ1n) is 8.02. The number of piperazine rings is 1. The molecular weight excluding hydrogens is 264 g/mol. The Labute approximate surface area is 128 Å². The first-order valence-corrected chi connectivity index (χ1v) is 8.96. The second kappa shape index (κ2) is 7.06. The van der Waals surface area contributed by atoms with Crippen molar-refractivity contribution in [3.8, 4) is 0 Å². The van der Waals surface area contributed by atoms with E-state index in [1.54, 1.807) is 0 Å². The molecule has 3 heteroatoms. The van der Waals surface area contributed by atoms with Crippen LogP contribution < -0.4 is 5.32 Å². The molecule has 1 aliphatic heterocycles. The Morgan fingerprint density at radius 2 is 2.10 bits per heavy atom. The van der Waals surface area contributed by atoms with Gasteiger partial charge in [0.2, 0.25) is 0 Å². The molecule has 1 N–H and O–H groups in total. The number of thiophene rings is 1. The van der Waals surface area contributed by atoms with Gasteiger partial charge in [-0.3, -0.25) is 4.90 Å². The summed E-state index contributed by atoms with van der Waals surface area (Å²) in [6.45, 7) is 15.1. The van der Waals surface area contributed by atoms with Gasteiger partial charge in [0.25, 0.3) is 0 Å². The van der Waals surface area contributed by atoms with Crippen molar-refractivity contribution in [1.29, 1.82) is 0 Å². The molecule has 2 rings (SSSR count). The summed E-state index contributed by atoms with van der Waals surface area (Å²) in [4.78, 5) is 2.72. The van der Waals surface area contributed by atoms with Crippen LogP contribution in [-0.4, -0.2) is 30.1 Å². The molecule has 0 radical (unpaired) electrons. The Morgan fingerprint density at radius 3 is 2.65 bits per heavy atom. The maximum Gasteiger partial charge on any atom is 0.0248 e. The molecule has 0 aromatic carbocycles. The maximum absolute atomic E-state index is 3.79. The smallest absolute Gasteiger partial charge is 0.0248 e. The highest BCUT2D eigenvalue weighted by Gasteiger charge is 2.31. The van der Waals surface area contributed by atoms with Crippen LogP contribution in [0, 0.1) is 18.8 Å². The zero-order valence-corrected chi connectivity index (χ0v) is 14.5. The lowest BCUT2D eigenvalue weighted by Crippen LogP contribution is -2.59. The third-order valence-corrected chi connectivity index (χ3v) is 5.84. The fraction of sp³-hybridized carbons (Fsp3) is 0.765. The summed E-state index contributed by atoms with van der Waals surface area (Å²) in [6.07, 6.45) is 1.26. The Hall–Kier alpha value is -0.380. The normalized spacial score (nSPS) is 26.1. The fourth-order valence-electron chi connectivity index (χ4n) is 3.13. The summed E-state index contributed by atoms with van der Waals surface area (Å²) < 4.78 is 0. The van der Waals surface area contributed by atoms with Gasteiger partial charge in [-0.15, -0.1) is 0 Å². The van der Waals surface area contributed by atoms with Crippen molar-refractivity contribution in [3.63, 3.8) is 0 Å². The zero-order chi connectivity index (χ0) is 14.7. The molecule has 1 saturated heterocycles. The van der Waals surface area contributed by atoms with Gasteiger partial charge in [0.15, 0.2) is 0 Å². The van der Waals surface area contributed by atoms with Crippen molar-refractivity contribution in [2.45, 2.75) is 59.7 Å². The van der Waals surface area contributed by atoms with Gasteiger partial charge in [-0.2, -0.15) is 11.3 Å². The van der Waals surface area contributed by atoms with Gasteiger partial charge in [0, 0.05) is 31.7 Å². The largest absolute Gasteiger partial charge is 0.311 e. The van der Waals surface area contributed by atoms with E-state index in [9.17, 15) is 0 Å². The molecule has 0 saturated carbocycles. The lowest BCUT2D eigenvalue weighted by molar-refractivity contribution is 0.0752. The monoisotopic (exact) mass is 294 g/mol. The lowest BCUT2D eigenvalue weighted by Gasteiger charge is -2.44. The van der Waals surface area contributed by atoms with Gasteiger partial charge in [-0.05, 0) is 40.6 Å². The van der Waals surface area contributed by atoms with E-state index in [0.29, 0.717) is 18.0 Å². The minimum Gasteiger partial charge on any atom is -0.311 e. The predicted octanol–water partition coefficient (Wildman–Crippen LogP) is 3.90. The van der Waals surface area contributed by atoms with Crippen molar-refractivity contribution >= 4 is 11.3 Å². The molecule has 2 heterocycles. The number of hydrogen-bond donors (Lipinski definition) is 1. The highest BCUT2D eigenvalue weighted by Crippen LogP contribution is 2.24. The third kappa shape index (κ3) is 3.63. The summed E-state index contributed by atoms with van der Waals surface area (Å²) >= 11 is 1.83. The minimum atomic E-state index is 0.647. The fourth-order valence-corrected chi connectivity index (χ4v) is 3.97. The van der Waals surface area contributed by atoms with Gasteiger partial charge in [-0.25, -0.2) is 0 Å². The van der Waals surface area contributed by atoms with E-state index in [0.717, 1.165) is 19.0 Å². The van der Waals surface area contributed by atoms with Crippen molar-refractivity contribution in [3.05, 3.63) is 21.9 Å². The third-order valence-electron chi connectivity index (χ3n) is 4.92. The van der Waals surface area contributed by atoms with Crippen LogP contribution in [0.2, 0.25) is 0 Å². The SMILES string of the molecule is CCC(C)C1CN(Cc2cscc2C)C(C(C)C)CN1. The van der Waals surface area contributed by atoms with Gasteiger partial charge in [0.1, 0.15) is 0 Å². The van der Waals surface area contributed by atoms with Crippen LogP contribution in [0.1, 0.15) is 45.2 Å². The molecule has 1 aromatic rings. The highest BCUT2D eigenvalue weighted by molar-refractivity contribution is 7.08. The van der Waals surface area contributed by atoms with Crippen molar-refractivity contribution in [1.82, 2.24) is 10.2 Å². The Balaban J connectivity index is 2.09. The van der Waals surface area contributed by atoms with Crippen molar-refractivity contribution < 1.29 is 0 Å². The van der Waals surface area contributed by atoms with Crippen molar-refractivity contribution in [2.75, 3.05) is 13.1 Å². The van der Waals surface area contributed by atoms with Gasteiger partial charge >= 0.3 is 0 Å². The Morgan fingerprint density at radius 1 is 1.35 bits per heavy atom. The Bertz CT molecular complexity index is 413. The molecule has 0 aliphatic carbocycles. The average Bonchev–Trinajstić information content (AvgIpc) is 2.83. The molecule has 0 amide bonds. The summed E-state index contributed by atoms with van der Waals surface area (Å²) in [7, 11) is 0. The summed E-state index contributed by atoms with van der Waals surface area (Å²) in [6, 6.07) is 1.31. The van der Waals surface area contributed by atoms with E-state index < -0.39 is 0 Å². The molecular formula is C17H30N2S. The standard InChI is InChI=1S/C17H30N2S/c1-6-13(4)16-9-19(17(7-18-16)12(2)3)8-15-11-20-10-14(15)5/h10-13,16-18H,6-9H2,1-5H3. The van der Waals surface area contributed by atoms with Crippen molar-refractivity contribution in [2.24, 2.45) is 11.8 Å². The molecule has 1 aliphatic rings. The molecule has 1 fully saturated rings. The lowest BCUT2D eigenvalue weighted by atomic mass is 9.91. The van der Waals surface area contributed by atoms with Crippen LogP contribution in [0.4, 0.5) is 0 Å². The molecule has 0 bridgehead atoms. The Kier molecular flexibility index (Phi) is 5.65. The van der Waals surface area contributed by atoms with E-state index >= 15 is 0 Å². The second-order valence-corrected chi connectivity index (χ2v) is 7.46. The molecule has 0 spiro atoms. The molecule has 3 atom stereocenters. The quantitative estimate of drug-likeness (QED) is 0.886. The topological polar surface area (TPSA) is 15.3 Å². The summed E-state index contributed by atoms with van der Waals surface area (Å²) in [5, 5.41) is 8.38. The maximum atomic E-state index is 3.79. The van der Waals surface area contributed by atoms with Crippen LogP contribution in [-0.2, 0) is 6.54 Å². The average molecular weight is 295 g/mol. The zero-order valence-electron chi connectivity index (χ0n) is 13.6. The van der Waals surface area contributed by atoms with E-state index in [1.165, 1.54) is 24.1 Å². The van der Waals surface area contributed by atoms with Gasteiger partial charge in [-0.1, -0.05) is 34.1 Å². The first-order chi connectivity index (χ1) is 9.52. The van der Waals surface area contributed by atoms with Crippen LogP contribution in [0.15, 0.2) is 10.8 Å². The van der Waals surface area contributed by atoms with E-state index in [2.05, 4.69) is 55.6 Å². The van der Waals surface area contributed by atoms with Gasteiger partial charge in [0.05, 0.1) is 0 Å². The van der Waals surface area contributed by atoms with E-state index in [1.807, 2.05) is 11.3 Å². The van der Waals surface area contributed by atoms with Crippen LogP contribution in [0.5, 0.6) is 0 Å². The van der Waals surface area contributed by atoms with Crippen LogP contribution >= 0.6 is 11.3 Å². The minimum absolute atomic E-state index is 0.647. The summed E-state index contributed by atoms with van der Waals surface area (Å²) in [5.41, 5.74) is 2.97. The highest BCUT2D eigenvalue weighted by atomic mass is 32.1. The van der Waals surface area contributed by atoms with Crippen LogP contribution in [0.3, 0.4) is 0 Å². The molecule has 20 heavy (non-hydrogen) atoms. The predicted molar refractivity (Wildman–Crippen MR) is 89.3 cm³/mol.